The second-order valence-electron chi connectivity index (χ2n) is 7.83. The molecule has 2 heterocycles. The van der Waals surface area contributed by atoms with Gasteiger partial charge in [0.1, 0.15) is 11.5 Å². The number of amides is 1. The van der Waals surface area contributed by atoms with Gasteiger partial charge in [-0.2, -0.15) is 0 Å². The number of carbonyl (C=O) groups excluding carboxylic acids is 3. The van der Waals surface area contributed by atoms with Gasteiger partial charge < -0.3 is 19.5 Å². The van der Waals surface area contributed by atoms with Crippen molar-refractivity contribution in [1.29, 1.82) is 0 Å². The number of pyridine rings is 1. The number of methoxy groups -OCH3 is 1. The molecular formula is C27H24N2O6. The van der Waals surface area contributed by atoms with Gasteiger partial charge in [0.05, 0.1) is 36.5 Å². The van der Waals surface area contributed by atoms with Crippen molar-refractivity contribution in [3.63, 3.8) is 0 Å². The highest BCUT2D eigenvalue weighted by Crippen LogP contribution is 2.41. The third kappa shape index (κ3) is 4.63. The number of likely N-dealkylation sites (tertiary alicyclic amines) is 1. The van der Waals surface area contributed by atoms with Crippen LogP contribution in [0.15, 0.2) is 78.6 Å². The largest absolute Gasteiger partial charge is 0.507 e. The molecule has 1 aliphatic rings. The lowest BCUT2D eigenvalue weighted by atomic mass is 9.96. The lowest BCUT2D eigenvalue weighted by Crippen LogP contribution is -2.29. The van der Waals surface area contributed by atoms with Crippen LogP contribution in [0.2, 0.25) is 0 Å². The fraction of sp³-hybridized carbons (Fsp3) is 0.185. The highest BCUT2D eigenvalue weighted by Gasteiger charge is 2.46. The van der Waals surface area contributed by atoms with Crippen LogP contribution in [0, 0.1) is 0 Å². The summed E-state index contributed by atoms with van der Waals surface area (Å²) in [5, 5.41) is 11.2. The molecule has 0 saturated carbocycles. The van der Waals surface area contributed by atoms with Crippen molar-refractivity contribution in [2.24, 2.45) is 0 Å². The Morgan fingerprint density at radius 1 is 1.06 bits per heavy atom. The predicted octanol–water partition coefficient (Wildman–Crippen LogP) is 3.89. The Labute approximate surface area is 202 Å². The zero-order valence-corrected chi connectivity index (χ0v) is 19.3. The fourth-order valence-electron chi connectivity index (χ4n) is 4.07. The van der Waals surface area contributed by atoms with Crippen LogP contribution < -0.4 is 4.74 Å². The Morgan fingerprint density at radius 2 is 1.80 bits per heavy atom. The van der Waals surface area contributed by atoms with Gasteiger partial charge in [0.2, 0.25) is 0 Å². The summed E-state index contributed by atoms with van der Waals surface area (Å²) in [6.07, 6.45) is 3.15. The number of ketones is 1. The molecule has 1 saturated heterocycles. The van der Waals surface area contributed by atoms with Gasteiger partial charge in [-0.25, -0.2) is 4.79 Å². The molecule has 0 spiro atoms. The van der Waals surface area contributed by atoms with Crippen molar-refractivity contribution in [1.82, 2.24) is 9.88 Å². The molecule has 1 aliphatic heterocycles. The molecule has 8 heteroatoms. The monoisotopic (exact) mass is 472 g/mol. The molecule has 0 aliphatic carbocycles. The first kappa shape index (κ1) is 23.7. The maximum atomic E-state index is 13.2. The normalized spacial score (nSPS) is 16.9. The van der Waals surface area contributed by atoms with Crippen LogP contribution >= 0.6 is 0 Å². The molecule has 1 unspecified atom stereocenters. The molecule has 0 bridgehead atoms. The summed E-state index contributed by atoms with van der Waals surface area (Å²) < 4.78 is 10.4. The number of rotatable bonds is 7. The molecule has 3 aromatic rings. The zero-order valence-electron chi connectivity index (χ0n) is 19.3. The Kier molecular flexibility index (Phi) is 6.91. The summed E-state index contributed by atoms with van der Waals surface area (Å²) in [5.41, 5.74) is 1.92. The van der Waals surface area contributed by atoms with E-state index in [9.17, 15) is 19.5 Å². The van der Waals surface area contributed by atoms with Gasteiger partial charge in [-0.15, -0.1) is 0 Å². The molecule has 1 fully saturated rings. The Balaban J connectivity index is 1.77. The van der Waals surface area contributed by atoms with Gasteiger partial charge in [-0.05, 0) is 48.4 Å². The van der Waals surface area contributed by atoms with Crippen LogP contribution in [0.3, 0.4) is 0 Å². The number of hydrogen-bond donors (Lipinski definition) is 1. The van der Waals surface area contributed by atoms with E-state index in [0.717, 1.165) is 0 Å². The van der Waals surface area contributed by atoms with Gasteiger partial charge in [0.15, 0.2) is 0 Å². The van der Waals surface area contributed by atoms with Gasteiger partial charge in [0.25, 0.3) is 11.7 Å². The summed E-state index contributed by atoms with van der Waals surface area (Å²) in [7, 11) is 1.46. The van der Waals surface area contributed by atoms with Crippen LogP contribution in [0.1, 0.15) is 40.0 Å². The van der Waals surface area contributed by atoms with Crippen molar-refractivity contribution in [2.45, 2.75) is 19.5 Å². The van der Waals surface area contributed by atoms with E-state index >= 15 is 0 Å². The van der Waals surface area contributed by atoms with Crippen LogP contribution in [0.5, 0.6) is 5.75 Å². The lowest BCUT2D eigenvalue weighted by Gasteiger charge is -2.25. The number of aliphatic hydroxyl groups is 1. The molecule has 0 radical (unpaired) electrons. The number of aromatic nitrogens is 1. The van der Waals surface area contributed by atoms with Crippen LogP contribution in [0.4, 0.5) is 0 Å². The summed E-state index contributed by atoms with van der Waals surface area (Å²) in [4.78, 5) is 43.8. The number of nitrogens with zero attached hydrogens (tertiary/aromatic N) is 2. The van der Waals surface area contributed by atoms with E-state index in [2.05, 4.69) is 4.98 Å². The number of Topliss-reactive ketones (excluding diaryl/α,β-unsaturated/α-hetero) is 1. The molecule has 1 amide bonds. The fourth-order valence-corrected chi connectivity index (χ4v) is 4.07. The molecule has 2 aromatic carbocycles. The first-order chi connectivity index (χ1) is 17.0. The highest BCUT2D eigenvalue weighted by molar-refractivity contribution is 6.46. The maximum Gasteiger partial charge on any atom is 0.338 e. The minimum Gasteiger partial charge on any atom is -0.507 e. The maximum absolute atomic E-state index is 13.2. The minimum atomic E-state index is -0.863. The molecule has 4 rings (SSSR count). The van der Waals surface area contributed by atoms with E-state index in [1.54, 1.807) is 80.0 Å². The third-order valence-electron chi connectivity index (χ3n) is 5.72. The number of hydrogen-bond acceptors (Lipinski definition) is 7. The van der Waals surface area contributed by atoms with Crippen molar-refractivity contribution in [2.75, 3.05) is 13.7 Å². The number of aliphatic hydroxyl groups excluding tert-OH is 1. The number of benzene rings is 2. The summed E-state index contributed by atoms with van der Waals surface area (Å²) in [5.74, 6) is -1.94. The first-order valence-electron chi connectivity index (χ1n) is 11.0. The van der Waals surface area contributed by atoms with Crippen molar-refractivity contribution < 1.29 is 29.0 Å². The summed E-state index contributed by atoms with van der Waals surface area (Å²) in [6, 6.07) is 15.9. The van der Waals surface area contributed by atoms with E-state index in [1.165, 1.54) is 12.0 Å². The molecule has 1 atom stereocenters. The molecule has 1 aromatic heterocycles. The quantitative estimate of drug-likeness (QED) is 0.241. The second-order valence-corrected chi connectivity index (χ2v) is 7.83. The molecule has 178 valence electrons. The van der Waals surface area contributed by atoms with Gasteiger partial charge in [-0.3, -0.25) is 14.6 Å². The van der Waals surface area contributed by atoms with Gasteiger partial charge in [-0.1, -0.05) is 30.3 Å². The number of ether oxygens (including phenoxy) is 2. The summed E-state index contributed by atoms with van der Waals surface area (Å²) in [6.45, 7) is 2.07. The Bertz CT molecular complexity index is 1280. The SMILES string of the molecule is CCOC(=O)c1ccc(CN2C(=O)C(=O)/C(=C(/O)c3ccccc3OC)C2c2cccnc2)cc1. The zero-order chi connectivity index (χ0) is 24.9. The van der Waals surface area contributed by atoms with E-state index < -0.39 is 23.7 Å². The average Bonchev–Trinajstić information content (AvgIpc) is 3.14. The van der Waals surface area contributed by atoms with Crippen LogP contribution in [-0.2, 0) is 20.9 Å². The lowest BCUT2D eigenvalue weighted by molar-refractivity contribution is -0.140. The third-order valence-corrected chi connectivity index (χ3v) is 5.72. The van der Waals surface area contributed by atoms with Crippen molar-refractivity contribution in [3.8, 4) is 5.75 Å². The number of para-hydroxylation sites is 1. The highest BCUT2D eigenvalue weighted by atomic mass is 16.5. The minimum absolute atomic E-state index is 0.0457. The van der Waals surface area contributed by atoms with E-state index in [0.29, 0.717) is 28.0 Å². The standard InChI is InChI=1S/C27H24N2O6/c1-3-35-27(33)18-12-10-17(11-13-18)16-29-23(19-7-6-14-28-15-19)22(25(31)26(29)32)24(30)20-8-4-5-9-21(20)34-2/h4-15,23,30H,3,16H2,1-2H3/b24-22+. The Hall–Kier alpha value is -4.46. The van der Waals surface area contributed by atoms with E-state index in [-0.39, 0.29) is 24.5 Å². The van der Waals surface area contributed by atoms with Crippen molar-refractivity contribution in [3.05, 3.63) is 101 Å². The predicted molar refractivity (Wildman–Crippen MR) is 127 cm³/mol. The average molecular weight is 472 g/mol. The molecule has 1 N–H and O–H groups in total. The topological polar surface area (TPSA) is 106 Å². The van der Waals surface area contributed by atoms with Gasteiger partial charge in [0, 0.05) is 18.9 Å². The van der Waals surface area contributed by atoms with Crippen LogP contribution in [-0.4, -0.2) is 46.4 Å². The summed E-state index contributed by atoms with van der Waals surface area (Å²) >= 11 is 0. The first-order valence-corrected chi connectivity index (χ1v) is 11.0. The molecule has 35 heavy (non-hydrogen) atoms. The molecular weight excluding hydrogens is 448 g/mol. The van der Waals surface area contributed by atoms with Crippen molar-refractivity contribution >= 4 is 23.4 Å². The smallest absolute Gasteiger partial charge is 0.338 e. The van der Waals surface area contributed by atoms with Crippen LogP contribution in [0.25, 0.3) is 5.76 Å². The van der Waals surface area contributed by atoms with E-state index in [1.807, 2.05) is 0 Å². The number of esters is 1. The molecule has 8 nitrogen and oxygen atoms in total. The number of carbonyl (C=O) groups is 3. The van der Waals surface area contributed by atoms with E-state index in [4.69, 9.17) is 9.47 Å². The second kappa shape index (κ2) is 10.2. The van der Waals surface area contributed by atoms with Gasteiger partial charge >= 0.3 is 5.97 Å². The Morgan fingerprint density at radius 3 is 2.46 bits per heavy atom.